The number of carbonyl (C=O) groups excluding carboxylic acids is 1. The Morgan fingerprint density at radius 3 is 2.69 bits per heavy atom. The first-order valence-electron chi connectivity index (χ1n) is 8.23. The summed E-state index contributed by atoms with van der Waals surface area (Å²) in [5.74, 6) is -0.176. The minimum atomic E-state index is -0.176. The van der Waals surface area contributed by atoms with Crippen LogP contribution in [0.15, 0.2) is 48.5 Å². The van der Waals surface area contributed by atoms with E-state index >= 15 is 0 Å². The number of nitrogens with zero attached hydrogens (tertiary/aromatic N) is 4. The van der Waals surface area contributed by atoms with Crippen LogP contribution in [0.3, 0.4) is 0 Å². The maximum absolute atomic E-state index is 12.4. The first-order chi connectivity index (χ1) is 12.6. The number of anilines is 1. The predicted molar refractivity (Wildman–Crippen MR) is 103 cm³/mol. The van der Waals surface area contributed by atoms with E-state index in [1.165, 1.54) is 16.9 Å². The lowest BCUT2D eigenvalue weighted by molar-refractivity contribution is -0.116. The first kappa shape index (κ1) is 16.4. The van der Waals surface area contributed by atoms with Crippen molar-refractivity contribution in [1.82, 2.24) is 20.0 Å². The standard InChI is InChI=1S/C19H17N5OS/c1-12-7-9-14(10-8-12)18-13(2)26-19(21-18)20-17(25)11-24-16-6-4-3-5-15(16)22-23-24/h3-10H,11H2,1-2H3,(H,20,21,25). The number of carbonyl (C=O) groups is 1. The van der Waals surface area contributed by atoms with Gasteiger partial charge in [0, 0.05) is 10.4 Å². The minimum Gasteiger partial charge on any atom is -0.300 e. The fraction of sp³-hybridized carbons (Fsp3) is 0.158. The molecular weight excluding hydrogens is 346 g/mol. The van der Waals surface area contributed by atoms with Gasteiger partial charge in [-0.15, -0.1) is 16.4 Å². The van der Waals surface area contributed by atoms with Crippen LogP contribution in [-0.2, 0) is 11.3 Å². The summed E-state index contributed by atoms with van der Waals surface area (Å²) in [6.45, 7) is 4.16. The first-order valence-corrected chi connectivity index (χ1v) is 9.04. The molecule has 0 spiro atoms. The van der Waals surface area contributed by atoms with E-state index in [1.807, 2.05) is 43.3 Å². The molecular formula is C19H17N5OS. The molecule has 0 atom stereocenters. The van der Waals surface area contributed by atoms with E-state index in [0.717, 1.165) is 27.2 Å². The second-order valence-corrected chi connectivity index (χ2v) is 7.28. The molecule has 0 unspecified atom stereocenters. The normalized spacial score (nSPS) is 11.0. The third-order valence-electron chi connectivity index (χ3n) is 4.08. The molecule has 6 nitrogen and oxygen atoms in total. The Labute approximate surface area is 154 Å². The zero-order valence-electron chi connectivity index (χ0n) is 14.4. The van der Waals surface area contributed by atoms with E-state index in [-0.39, 0.29) is 12.5 Å². The van der Waals surface area contributed by atoms with Crippen molar-refractivity contribution >= 4 is 33.4 Å². The average molecular weight is 363 g/mol. The Morgan fingerprint density at radius 1 is 1.12 bits per heavy atom. The zero-order valence-corrected chi connectivity index (χ0v) is 15.2. The summed E-state index contributed by atoms with van der Waals surface area (Å²) in [5.41, 5.74) is 4.75. The van der Waals surface area contributed by atoms with Crippen LogP contribution in [0.5, 0.6) is 0 Å². The Morgan fingerprint density at radius 2 is 1.88 bits per heavy atom. The average Bonchev–Trinajstić information content (AvgIpc) is 3.19. The molecule has 2 heterocycles. The van der Waals surface area contributed by atoms with Crippen LogP contribution < -0.4 is 5.32 Å². The fourth-order valence-corrected chi connectivity index (χ4v) is 3.61. The van der Waals surface area contributed by atoms with E-state index < -0.39 is 0 Å². The van der Waals surface area contributed by atoms with Crippen molar-refractivity contribution in [2.75, 3.05) is 5.32 Å². The maximum atomic E-state index is 12.4. The number of aryl methyl sites for hydroxylation is 2. The third-order valence-corrected chi connectivity index (χ3v) is 4.97. The Kier molecular flexibility index (Phi) is 4.22. The lowest BCUT2D eigenvalue weighted by Gasteiger charge is -2.02. The maximum Gasteiger partial charge on any atom is 0.247 e. The van der Waals surface area contributed by atoms with Crippen molar-refractivity contribution in [3.8, 4) is 11.3 Å². The van der Waals surface area contributed by atoms with Gasteiger partial charge in [0.15, 0.2) is 5.13 Å². The van der Waals surface area contributed by atoms with Gasteiger partial charge in [-0.05, 0) is 26.0 Å². The molecule has 26 heavy (non-hydrogen) atoms. The predicted octanol–water partition coefficient (Wildman–Crippen LogP) is 3.81. The molecule has 1 amide bonds. The van der Waals surface area contributed by atoms with E-state index in [4.69, 9.17) is 0 Å². The quantitative estimate of drug-likeness (QED) is 0.598. The van der Waals surface area contributed by atoms with Crippen LogP contribution in [0.4, 0.5) is 5.13 Å². The molecule has 0 aliphatic carbocycles. The summed E-state index contributed by atoms with van der Waals surface area (Å²) in [6, 6.07) is 15.8. The number of nitrogens with one attached hydrogen (secondary N) is 1. The Hall–Kier alpha value is -3.06. The molecule has 0 bridgehead atoms. The molecule has 4 aromatic rings. The summed E-state index contributed by atoms with van der Waals surface area (Å²) in [5, 5.41) is 11.6. The van der Waals surface area contributed by atoms with E-state index in [9.17, 15) is 4.79 Å². The van der Waals surface area contributed by atoms with E-state index in [0.29, 0.717) is 5.13 Å². The van der Waals surface area contributed by atoms with Crippen LogP contribution in [-0.4, -0.2) is 25.9 Å². The van der Waals surface area contributed by atoms with Gasteiger partial charge >= 0.3 is 0 Å². The molecule has 7 heteroatoms. The van der Waals surface area contributed by atoms with Gasteiger partial charge in [0.05, 0.1) is 11.2 Å². The second-order valence-electron chi connectivity index (χ2n) is 6.07. The fourth-order valence-electron chi connectivity index (χ4n) is 2.76. The molecule has 130 valence electrons. The number of para-hydroxylation sites is 1. The highest BCUT2D eigenvalue weighted by Crippen LogP contribution is 2.30. The van der Waals surface area contributed by atoms with Gasteiger partial charge < -0.3 is 5.32 Å². The zero-order chi connectivity index (χ0) is 18.1. The van der Waals surface area contributed by atoms with Crippen LogP contribution in [0, 0.1) is 13.8 Å². The number of thiazole rings is 1. The molecule has 0 saturated carbocycles. The summed E-state index contributed by atoms with van der Waals surface area (Å²) >= 11 is 1.47. The van der Waals surface area contributed by atoms with Crippen molar-refractivity contribution in [1.29, 1.82) is 0 Å². The SMILES string of the molecule is Cc1ccc(-c2nc(NC(=O)Cn3nnc4ccccc43)sc2C)cc1. The number of benzene rings is 2. The molecule has 4 rings (SSSR count). The van der Waals surface area contributed by atoms with Crippen molar-refractivity contribution < 1.29 is 4.79 Å². The lowest BCUT2D eigenvalue weighted by Crippen LogP contribution is -2.19. The topological polar surface area (TPSA) is 72.7 Å². The number of hydrogen-bond acceptors (Lipinski definition) is 5. The molecule has 1 N–H and O–H groups in total. The molecule has 0 aliphatic rings. The van der Waals surface area contributed by atoms with Gasteiger partial charge in [-0.2, -0.15) is 0 Å². The van der Waals surface area contributed by atoms with Crippen molar-refractivity contribution in [2.24, 2.45) is 0 Å². The monoisotopic (exact) mass is 363 g/mol. The van der Waals surface area contributed by atoms with Crippen molar-refractivity contribution in [3.05, 3.63) is 59.0 Å². The molecule has 0 fully saturated rings. The Bertz CT molecular complexity index is 1080. The van der Waals surface area contributed by atoms with Crippen molar-refractivity contribution in [2.45, 2.75) is 20.4 Å². The van der Waals surface area contributed by atoms with Gasteiger partial charge in [0.25, 0.3) is 0 Å². The summed E-state index contributed by atoms with van der Waals surface area (Å²) in [6.07, 6.45) is 0. The van der Waals surface area contributed by atoms with Crippen LogP contribution >= 0.6 is 11.3 Å². The highest BCUT2D eigenvalue weighted by Gasteiger charge is 2.14. The molecule has 0 saturated heterocycles. The van der Waals surface area contributed by atoms with Gasteiger partial charge in [0.1, 0.15) is 12.1 Å². The van der Waals surface area contributed by atoms with Crippen LogP contribution in [0.2, 0.25) is 0 Å². The summed E-state index contributed by atoms with van der Waals surface area (Å²) in [4.78, 5) is 18.0. The molecule has 0 aliphatic heterocycles. The summed E-state index contributed by atoms with van der Waals surface area (Å²) < 4.78 is 1.59. The molecule has 2 aromatic heterocycles. The highest BCUT2D eigenvalue weighted by molar-refractivity contribution is 7.16. The van der Waals surface area contributed by atoms with E-state index in [2.05, 4.69) is 39.7 Å². The molecule has 2 aromatic carbocycles. The third kappa shape index (κ3) is 3.21. The summed E-state index contributed by atoms with van der Waals surface area (Å²) in [7, 11) is 0. The lowest BCUT2D eigenvalue weighted by atomic mass is 10.1. The minimum absolute atomic E-state index is 0.0962. The number of aromatic nitrogens is 4. The number of hydrogen-bond donors (Lipinski definition) is 1. The Balaban J connectivity index is 1.51. The number of rotatable bonds is 4. The largest absolute Gasteiger partial charge is 0.300 e. The van der Waals surface area contributed by atoms with Crippen molar-refractivity contribution in [3.63, 3.8) is 0 Å². The van der Waals surface area contributed by atoms with E-state index in [1.54, 1.807) is 4.68 Å². The van der Waals surface area contributed by atoms with Gasteiger partial charge in [-0.3, -0.25) is 4.79 Å². The highest BCUT2D eigenvalue weighted by atomic mass is 32.1. The number of amides is 1. The van der Waals surface area contributed by atoms with Gasteiger partial charge in [0.2, 0.25) is 5.91 Å². The smallest absolute Gasteiger partial charge is 0.247 e. The second kappa shape index (κ2) is 6.68. The van der Waals surface area contributed by atoms with Crippen LogP contribution in [0.1, 0.15) is 10.4 Å². The number of fused-ring (bicyclic) bond motifs is 1. The van der Waals surface area contributed by atoms with Gasteiger partial charge in [-0.25, -0.2) is 9.67 Å². The van der Waals surface area contributed by atoms with Gasteiger partial charge in [-0.1, -0.05) is 47.2 Å². The molecule has 0 radical (unpaired) electrons. The van der Waals surface area contributed by atoms with Crippen LogP contribution in [0.25, 0.3) is 22.3 Å².